The molecule has 0 saturated heterocycles. The van der Waals surface area contributed by atoms with Crippen LogP contribution in [0, 0.1) is 5.41 Å². The van der Waals surface area contributed by atoms with Gasteiger partial charge in [0.05, 0.1) is 16.9 Å². The van der Waals surface area contributed by atoms with Crippen LogP contribution in [0.15, 0.2) is 54.9 Å². The summed E-state index contributed by atoms with van der Waals surface area (Å²) < 4.78 is 0. The average Bonchev–Trinajstić information content (AvgIpc) is 2.93. The van der Waals surface area contributed by atoms with Crippen molar-refractivity contribution in [3.05, 3.63) is 66.1 Å². The number of hydrogen-bond donors (Lipinski definition) is 2. The summed E-state index contributed by atoms with van der Waals surface area (Å²) in [6.45, 7) is 4.29. The molecule has 4 nitrogen and oxygen atoms in total. The summed E-state index contributed by atoms with van der Waals surface area (Å²) >= 11 is 0. The molecule has 0 amide bonds. The smallest absolute Gasteiger partial charge is 0.167 e. The zero-order chi connectivity index (χ0) is 17.4. The van der Waals surface area contributed by atoms with Gasteiger partial charge in [-0.2, -0.15) is 0 Å². The number of aromatic nitrogens is 2. The molecule has 0 aliphatic heterocycles. The largest absolute Gasteiger partial charge is 0.356 e. The third kappa shape index (κ3) is 2.95. The van der Waals surface area contributed by atoms with Gasteiger partial charge >= 0.3 is 0 Å². The summed E-state index contributed by atoms with van der Waals surface area (Å²) in [4.78, 5) is 20.5. The van der Waals surface area contributed by atoms with Crippen LogP contribution in [0.1, 0.15) is 36.3 Å². The van der Waals surface area contributed by atoms with Gasteiger partial charge in [0.2, 0.25) is 0 Å². The number of H-pyrrole nitrogens is 1. The highest BCUT2D eigenvalue weighted by atomic mass is 16.1. The van der Waals surface area contributed by atoms with Gasteiger partial charge in [0.1, 0.15) is 0 Å². The molecule has 1 aliphatic rings. The Labute approximate surface area is 147 Å². The van der Waals surface area contributed by atoms with Crippen LogP contribution in [0.4, 0.5) is 11.4 Å². The second kappa shape index (κ2) is 5.88. The van der Waals surface area contributed by atoms with Crippen molar-refractivity contribution < 1.29 is 4.79 Å². The lowest BCUT2D eigenvalue weighted by Gasteiger charge is -2.28. The van der Waals surface area contributed by atoms with E-state index in [-0.39, 0.29) is 11.2 Å². The summed E-state index contributed by atoms with van der Waals surface area (Å²) in [5.74, 6) is 0.196. The molecule has 4 rings (SSSR count). The van der Waals surface area contributed by atoms with E-state index in [0.29, 0.717) is 6.42 Å². The van der Waals surface area contributed by atoms with E-state index in [2.05, 4.69) is 29.1 Å². The van der Waals surface area contributed by atoms with Gasteiger partial charge in [-0.1, -0.05) is 32.0 Å². The van der Waals surface area contributed by atoms with E-state index in [1.807, 2.05) is 42.5 Å². The number of carbonyl (C=O) groups excluding carboxylic acids is 1. The lowest BCUT2D eigenvalue weighted by atomic mass is 9.76. The minimum absolute atomic E-state index is 0.0194. The molecule has 0 atom stereocenters. The van der Waals surface area contributed by atoms with Crippen LogP contribution in [0.3, 0.4) is 0 Å². The quantitative estimate of drug-likeness (QED) is 0.712. The number of Topliss-reactive ketones (excluding diaryl/α,β-unsaturated/α-hetero) is 1. The first-order valence-corrected chi connectivity index (χ1v) is 8.54. The molecular formula is C21H21N3O. The van der Waals surface area contributed by atoms with Crippen molar-refractivity contribution in [2.24, 2.45) is 5.41 Å². The van der Waals surface area contributed by atoms with E-state index in [9.17, 15) is 4.79 Å². The minimum atomic E-state index is -0.0194. The Morgan fingerprint density at radius 1 is 1.04 bits per heavy atom. The standard InChI is InChI=1S/C21H21N3O/c1-21(2)12-16-18(17(25)13-21)20(23-15-6-4-3-5-7-15)19(24-16)14-8-10-22-11-9-14/h3-11,23-24H,12-13H2,1-2H3. The fourth-order valence-electron chi connectivity index (χ4n) is 3.58. The number of anilines is 2. The van der Waals surface area contributed by atoms with E-state index >= 15 is 0 Å². The first kappa shape index (κ1) is 15.6. The molecule has 0 fully saturated rings. The zero-order valence-electron chi connectivity index (χ0n) is 14.5. The van der Waals surface area contributed by atoms with E-state index in [1.165, 1.54) is 0 Å². The number of para-hydroxylation sites is 1. The molecule has 25 heavy (non-hydrogen) atoms. The monoisotopic (exact) mass is 331 g/mol. The van der Waals surface area contributed by atoms with Crippen molar-refractivity contribution >= 4 is 17.2 Å². The third-order valence-corrected chi connectivity index (χ3v) is 4.66. The van der Waals surface area contributed by atoms with Gasteiger partial charge in [-0.15, -0.1) is 0 Å². The molecule has 126 valence electrons. The van der Waals surface area contributed by atoms with Crippen molar-refractivity contribution in [3.8, 4) is 11.3 Å². The van der Waals surface area contributed by atoms with Crippen LogP contribution < -0.4 is 5.32 Å². The highest BCUT2D eigenvalue weighted by Crippen LogP contribution is 2.43. The Hall–Kier alpha value is -2.88. The summed E-state index contributed by atoms with van der Waals surface area (Å²) in [5.41, 5.74) is 5.61. The number of benzene rings is 1. The lowest BCUT2D eigenvalue weighted by molar-refractivity contribution is 0.0912. The normalized spacial score (nSPS) is 15.7. The van der Waals surface area contributed by atoms with Crippen LogP contribution in [0.2, 0.25) is 0 Å². The maximum atomic E-state index is 12.9. The topological polar surface area (TPSA) is 57.8 Å². The van der Waals surface area contributed by atoms with Gasteiger partial charge in [0, 0.05) is 35.8 Å². The number of ketones is 1. The molecule has 2 aromatic heterocycles. The molecule has 0 bridgehead atoms. The van der Waals surface area contributed by atoms with E-state index in [4.69, 9.17) is 0 Å². The number of aromatic amines is 1. The van der Waals surface area contributed by atoms with Crippen LogP contribution in [0.25, 0.3) is 11.3 Å². The molecule has 3 aromatic rings. The Morgan fingerprint density at radius 3 is 2.48 bits per heavy atom. The molecule has 0 radical (unpaired) electrons. The number of rotatable bonds is 3. The summed E-state index contributed by atoms with van der Waals surface area (Å²) in [6.07, 6.45) is 4.97. The number of pyridine rings is 1. The molecular weight excluding hydrogens is 310 g/mol. The van der Waals surface area contributed by atoms with Crippen LogP contribution in [-0.2, 0) is 6.42 Å². The fourth-order valence-corrected chi connectivity index (χ4v) is 3.58. The van der Waals surface area contributed by atoms with Gasteiger partial charge in [0.15, 0.2) is 5.78 Å². The van der Waals surface area contributed by atoms with E-state index in [0.717, 1.165) is 40.3 Å². The van der Waals surface area contributed by atoms with Crippen molar-refractivity contribution in [2.45, 2.75) is 26.7 Å². The Morgan fingerprint density at radius 2 is 1.76 bits per heavy atom. The number of nitrogens with zero attached hydrogens (tertiary/aromatic N) is 1. The first-order valence-electron chi connectivity index (χ1n) is 8.54. The van der Waals surface area contributed by atoms with Crippen LogP contribution in [0.5, 0.6) is 0 Å². The van der Waals surface area contributed by atoms with E-state index in [1.54, 1.807) is 12.4 Å². The summed E-state index contributed by atoms with van der Waals surface area (Å²) in [5, 5.41) is 3.46. The average molecular weight is 331 g/mol. The lowest BCUT2D eigenvalue weighted by Crippen LogP contribution is -2.26. The highest BCUT2D eigenvalue weighted by molar-refractivity contribution is 6.07. The van der Waals surface area contributed by atoms with Crippen molar-refractivity contribution in [1.82, 2.24) is 9.97 Å². The number of nitrogens with one attached hydrogen (secondary N) is 2. The summed E-state index contributed by atoms with van der Waals surface area (Å²) in [6, 6.07) is 13.9. The molecule has 1 aliphatic carbocycles. The molecule has 0 saturated carbocycles. The maximum Gasteiger partial charge on any atom is 0.167 e. The molecule has 2 heterocycles. The molecule has 0 unspecified atom stereocenters. The predicted molar refractivity (Wildman–Crippen MR) is 100 cm³/mol. The summed E-state index contributed by atoms with van der Waals surface area (Å²) in [7, 11) is 0. The second-order valence-electron chi connectivity index (χ2n) is 7.40. The van der Waals surface area contributed by atoms with Crippen LogP contribution in [-0.4, -0.2) is 15.8 Å². The fraction of sp³-hybridized carbons (Fsp3) is 0.238. The minimum Gasteiger partial charge on any atom is -0.356 e. The van der Waals surface area contributed by atoms with Crippen molar-refractivity contribution in [3.63, 3.8) is 0 Å². The van der Waals surface area contributed by atoms with Gasteiger partial charge < -0.3 is 10.3 Å². The third-order valence-electron chi connectivity index (χ3n) is 4.66. The highest BCUT2D eigenvalue weighted by Gasteiger charge is 2.35. The van der Waals surface area contributed by atoms with Gasteiger partial charge in [0.25, 0.3) is 0 Å². The molecule has 1 aromatic carbocycles. The SMILES string of the molecule is CC1(C)CC(=O)c2c([nH]c(-c3ccncc3)c2Nc2ccccc2)C1. The van der Waals surface area contributed by atoms with Gasteiger partial charge in [-0.3, -0.25) is 9.78 Å². The molecule has 4 heteroatoms. The van der Waals surface area contributed by atoms with E-state index < -0.39 is 0 Å². The molecule has 0 spiro atoms. The number of hydrogen-bond acceptors (Lipinski definition) is 3. The Kier molecular flexibility index (Phi) is 3.68. The van der Waals surface area contributed by atoms with Crippen molar-refractivity contribution in [2.75, 3.05) is 5.32 Å². The van der Waals surface area contributed by atoms with Crippen molar-refractivity contribution in [1.29, 1.82) is 0 Å². The number of fused-ring (bicyclic) bond motifs is 1. The Bertz CT molecular complexity index is 911. The van der Waals surface area contributed by atoms with Crippen LogP contribution >= 0.6 is 0 Å². The van der Waals surface area contributed by atoms with Gasteiger partial charge in [-0.05, 0) is 36.1 Å². The molecule has 2 N–H and O–H groups in total. The first-order chi connectivity index (χ1) is 12.0. The zero-order valence-corrected chi connectivity index (χ0v) is 14.5. The number of carbonyl (C=O) groups is 1. The maximum absolute atomic E-state index is 12.9. The Balaban J connectivity index is 1.88. The van der Waals surface area contributed by atoms with Gasteiger partial charge in [-0.25, -0.2) is 0 Å². The second-order valence-corrected chi connectivity index (χ2v) is 7.40. The predicted octanol–water partition coefficient (Wildman–Crippen LogP) is 4.98.